The van der Waals surface area contributed by atoms with Crippen molar-refractivity contribution >= 4 is 15.9 Å². The average molecular weight is 267 g/mol. The van der Waals surface area contributed by atoms with Gasteiger partial charge in [0.2, 0.25) is 0 Å². The van der Waals surface area contributed by atoms with Crippen molar-refractivity contribution < 1.29 is 0 Å². The Kier molecular flexibility index (Phi) is 3.81. The topological polar surface area (TPSA) is 3.24 Å². The van der Waals surface area contributed by atoms with Gasteiger partial charge in [-0.25, -0.2) is 0 Å². The number of benzene rings is 1. The van der Waals surface area contributed by atoms with E-state index in [1.165, 1.54) is 36.0 Å². The number of likely N-dealkylation sites (tertiary alicyclic amines) is 1. The van der Waals surface area contributed by atoms with Crippen LogP contribution in [0.15, 0.2) is 28.7 Å². The van der Waals surface area contributed by atoms with Crippen LogP contribution < -0.4 is 0 Å². The molecule has 1 aromatic rings. The Morgan fingerprint density at radius 1 is 1.27 bits per heavy atom. The van der Waals surface area contributed by atoms with Gasteiger partial charge in [-0.1, -0.05) is 34.1 Å². The molecule has 1 radical (unpaired) electrons. The third-order valence-electron chi connectivity index (χ3n) is 3.08. The van der Waals surface area contributed by atoms with Crippen LogP contribution in [0.2, 0.25) is 0 Å². The fraction of sp³-hybridized carbons (Fsp3) is 0.462. The quantitative estimate of drug-likeness (QED) is 0.794. The van der Waals surface area contributed by atoms with E-state index >= 15 is 0 Å². The lowest BCUT2D eigenvalue weighted by molar-refractivity contribution is 0.238. The van der Waals surface area contributed by atoms with Crippen molar-refractivity contribution in [2.45, 2.75) is 12.8 Å². The zero-order valence-electron chi connectivity index (χ0n) is 9.12. The lowest BCUT2D eigenvalue weighted by Crippen LogP contribution is -2.30. The van der Waals surface area contributed by atoms with Gasteiger partial charge in [0.05, 0.1) is 0 Å². The molecule has 0 atom stereocenters. The molecule has 2 rings (SSSR count). The SMILES string of the molecule is CN1CCC([CH]c2ccccc2Br)CC1. The van der Waals surface area contributed by atoms with E-state index in [2.05, 4.69) is 58.6 Å². The number of halogens is 1. The molecule has 0 N–H and O–H groups in total. The molecule has 1 heterocycles. The van der Waals surface area contributed by atoms with Crippen molar-refractivity contribution in [3.05, 3.63) is 40.7 Å². The summed E-state index contributed by atoms with van der Waals surface area (Å²) in [6, 6.07) is 8.46. The van der Waals surface area contributed by atoms with Gasteiger partial charge in [0.15, 0.2) is 0 Å². The Balaban J connectivity index is 1.95. The zero-order chi connectivity index (χ0) is 10.7. The van der Waals surface area contributed by atoms with Gasteiger partial charge in [-0.05, 0) is 56.9 Å². The molecule has 1 aliphatic rings. The molecular formula is C13H17BrN. The van der Waals surface area contributed by atoms with Crippen molar-refractivity contribution in [2.75, 3.05) is 20.1 Å². The van der Waals surface area contributed by atoms with E-state index in [-0.39, 0.29) is 0 Å². The van der Waals surface area contributed by atoms with E-state index in [9.17, 15) is 0 Å². The van der Waals surface area contributed by atoms with Gasteiger partial charge in [0.25, 0.3) is 0 Å². The molecule has 0 spiro atoms. The van der Waals surface area contributed by atoms with Crippen LogP contribution in [-0.2, 0) is 0 Å². The Morgan fingerprint density at radius 3 is 2.60 bits per heavy atom. The van der Waals surface area contributed by atoms with Gasteiger partial charge in [0.1, 0.15) is 0 Å². The van der Waals surface area contributed by atoms with Gasteiger partial charge in [-0.15, -0.1) is 0 Å². The van der Waals surface area contributed by atoms with Crippen molar-refractivity contribution in [3.8, 4) is 0 Å². The summed E-state index contributed by atoms with van der Waals surface area (Å²) in [5.41, 5.74) is 1.34. The first-order valence-corrected chi connectivity index (χ1v) is 6.33. The summed E-state index contributed by atoms with van der Waals surface area (Å²) in [4.78, 5) is 2.41. The minimum absolute atomic E-state index is 0.750. The first kappa shape index (κ1) is 11.2. The summed E-state index contributed by atoms with van der Waals surface area (Å²) in [5, 5.41) is 0. The summed E-state index contributed by atoms with van der Waals surface area (Å²) in [5.74, 6) is 0.750. The molecule has 1 fully saturated rings. The second-order valence-corrected chi connectivity index (χ2v) is 5.18. The number of piperidine rings is 1. The third kappa shape index (κ3) is 3.05. The summed E-state index contributed by atoms with van der Waals surface area (Å²) < 4.78 is 1.21. The number of hydrogen-bond donors (Lipinski definition) is 0. The van der Waals surface area contributed by atoms with E-state index in [1.807, 2.05) is 0 Å². The molecule has 15 heavy (non-hydrogen) atoms. The Hall–Kier alpha value is -0.340. The fourth-order valence-electron chi connectivity index (χ4n) is 2.06. The van der Waals surface area contributed by atoms with Gasteiger partial charge in [0, 0.05) is 4.47 Å². The largest absolute Gasteiger partial charge is 0.306 e. The number of nitrogens with zero attached hydrogens (tertiary/aromatic N) is 1. The van der Waals surface area contributed by atoms with E-state index in [0.717, 1.165) is 5.92 Å². The summed E-state index contributed by atoms with van der Waals surface area (Å²) in [6.45, 7) is 2.46. The minimum Gasteiger partial charge on any atom is -0.306 e. The van der Waals surface area contributed by atoms with E-state index in [1.54, 1.807) is 0 Å². The van der Waals surface area contributed by atoms with Crippen LogP contribution in [0.25, 0.3) is 0 Å². The summed E-state index contributed by atoms with van der Waals surface area (Å²) in [7, 11) is 2.20. The fourth-order valence-corrected chi connectivity index (χ4v) is 2.48. The highest BCUT2D eigenvalue weighted by Gasteiger charge is 2.17. The number of rotatable bonds is 2. The molecule has 0 amide bonds. The normalized spacial score (nSPS) is 19.3. The molecule has 0 aromatic heterocycles. The van der Waals surface area contributed by atoms with Crippen molar-refractivity contribution in [2.24, 2.45) is 5.92 Å². The Labute approximate surface area is 101 Å². The molecule has 0 unspecified atom stereocenters. The molecular weight excluding hydrogens is 250 g/mol. The molecule has 2 heteroatoms. The second-order valence-electron chi connectivity index (χ2n) is 4.33. The maximum atomic E-state index is 3.59. The van der Waals surface area contributed by atoms with Crippen LogP contribution in [0.1, 0.15) is 18.4 Å². The molecule has 1 nitrogen and oxygen atoms in total. The highest BCUT2D eigenvalue weighted by atomic mass is 79.9. The molecule has 0 saturated carbocycles. The van der Waals surface area contributed by atoms with E-state index in [0.29, 0.717) is 0 Å². The molecule has 0 aliphatic carbocycles. The van der Waals surface area contributed by atoms with E-state index < -0.39 is 0 Å². The highest BCUT2D eigenvalue weighted by Crippen LogP contribution is 2.26. The monoisotopic (exact) mass is 266 g/mol. The first-order chi connectivity index (χ1) is 7.25. The van der Waals surface area contributed by atoms with Crippen LogP contribution >= 0.6 is 15.9 Å². The summed E-state index contributed by atoms with van der Waals surface area (Å²) >= 11 is 3.59. The lowest BCUT2D eigenvalue weighted by Gasteiger charge is -2.28. The van der Waals surface area contributed by atoms with Crippen LogP contribution in [0, 0.1) is 12.3 Å². The zero-order valence-corrected chi connectivity index (χ0v) is 10.7. The maximum absolute atomic E-state index is 3.59. The second kappa shape index (κ2) is 5.13. The average Bonchev–Trinajstić information content (AvgIpc) is 2.25. The van der Waals surface area contributed by atoms with Gasteiger partial charge >= 0.3 is 0 Å². The van der Waals surface area contributed by atoms with Crippen molar-refractivity contribution in [3.63, 3.8) is 0 Å². The van der Waals surface area contributed by atoms with Gasteiger partial charge in [-0.3, -0.25) is 0 Å². The molecule has 0 bridgehead atoms. The van der Waals surface area contributed by atoms with Crippen LogP contribution in [0.3, 0.4) is 0 Å². The van der Waals surface area contributed by atoms with Gasteiger partial charge in [-0.2, -0.15) is 0 Å². The Bertz CT molecular complexity index is 316. The van der Waals surface area contributed by atoms with Crippen LogP contribution in [0.5, 0.6) is 0 Å². The first-order valence-electron chi connectivity index (χ1n) is 5.53. The van der Waals surface area contributed by atoms with Crippen molar-refractivity contribution in [1.29, 1.82) is 0 Å². The predicted octanol–water partition coefficient (Wildman–Crippen LogP) is 3.34. The number of hydrogen-bond acceptors (Lipinski definition) is 1. The van der Waals surface area contributed by atoms with Crippen LogP contribution in [0.4, 0.5) is 0 Å². The molecule has 81 valence electrons. The minimum atomic E-state index is 0.750. The standard InChI is InChI=1S/C13H17BrN/c1-15-8-6-11(7-9-15)10-12-4-2-3-5-13(12)14/h2-5,10-11H,6-9H2,1H3. The highest BCUT2D eigenvalue weighted by molar-refractivity contribution is 9.10. The molecule has 1 saturated heterocycles. The molecule has 1 aromatic carbocycles. The van der Waals surface area contributed by atoms with Gasteiger partial charge < -0.3 is 4.90 Å². The third-order valence-corrected chi connectivity index (χ3v) is 3.81. The molecule has 1 aliphatic heterocycles. The Morgan fingerprint density at radius 2 is 1.93 bits per heavy atom. The smallest absolute Gasteiger partial charge is 0.0210 e. The van der Waals surface area contributed by atoms with Crippen LogP contribution in [-0.4, -0.2) is 25.0 Å². The van der Waals surface area contributed by atoms with Crippen molar-refractivity contribution in [1.82, 2.24) is 4.90 Å². The maximum Gasteiger partial charge on any atom is 0.0210 e. The van der Waals surface area contributed by atoms with E-state index in [4.69, 9.17) is 0 Å². The predicted molar refractivity (Wildman–Crippen MR) is 67.8 cm³/mol. The lowest BCUT2D eigenvalue weighted by atomic mass is 9.90. The summed E-state index contributed by atoms with van der Waals surface area (Å²) in [6.07, 6.45) is 4.99.